The fraction of sp³-hybridized carbons (Fsp3) is 0.250. The van der Waals surface area contributed by atoms with Crippen LogP contribution in [0.1, 0.15) is 101 Å². The van der Waals surface area contributed by atoms with Crippen LogP contribution in [-0.2, 0) is 0 Å². The average molecular weight is 736 g/mol. The van der Waals surface area contributed by atoms with Gasteiger partial charge in [0.2, 0.25) is 0 Å². The Labute approximate surface area is 319 Å². The lowest BCUT2D eigenvalue weighted by molar-refractivity contribution is 0.835. The monoisotopic (exact) mass is 735 g/mol. The smallest absolute Gasteiger partial charge is 0.137 e. The zero-order valence-electron chi connectivity index (χ0n) is 32.6. The molecular formula is C48H55N3P2. The summed E-state index contributed by atoms with van der Waals surface area (Å²) in [6.07, 6.45) is 0. The molecule has 0 radical (unpaired) electrons. The fourth-order valence-corrected chi connectivity index (χ4v) is 15.3. The van der Waals surface area contributed by atoms with Crippen LogP contribution in [0.25, 0.3) is 0 Å². The number of rotatable bonds is 12. The maximum absolute atomic E-state index is 6.56. The molecule has 0 saturated carbocycles. The van der Waals surface area contributed by atoms with E-state index in [1.54, 1.807) is 0 Å². The molecule has 5 heteroatoms. The van der Waals surface area contributed by atoms with Gasteiger partial charge in [-0.05, 0) is 45.9 Å². The van der Waals surface area contributed by atoms with Gasteiger partial charge in [-0.15, -0.1) is 0 Å². The number of hydrogen-bond donors (Lipinski definition) is 1. The van der Waals surface area contributed by atoms with Crippen molar-refractivity contribution in [1.29, 1.82) is 0 Å². The minimum absolute atomic E-state index is 0.286. The van der Waals surface area contributed by atoms with E-state index in [0.717, 1.165) is 16.3 Å². The quantitative estimate of drug-likeness (QED) is 0.125. The third kappa shape index (κ3) is 7.94. The maximum Gasteiger partial charge on any atom is 0.137 e. The van der Waals surface area contributed by atoms with Crippen molar-refractivity contribution >= 4 is 47.0 Å². The van der Waals surface area contributed by atoms with Crippen LogP contribution >= 0.6 is 14.4 Å². The van der Waals surface area contributed by atoms with Gasteiger partial charge in [0.05, 0.1) is 5.69 Å². The third-order valence-electron chi connectivity index (χ3n) is 9.99. The second kappa shape index (κ2) is 16.7. The number of para-hydroxylation sites is 1. The molecule has 53 heavy (non-hydrogen) atoms. The summed E-state index contributed by atoms with van der Waals surface area (Å²) in [5.74, 6) is 1.19. The van der Waals surface area contributed by atoms with Crippen molar-refractivity contribution in [3.05, 3.63) is 180 Å². The Hall–Kier alpha value is -4.42. The predicted octanol–water partition coefficient (Wildman–Crippen LogP) is 13.5. The highest BCUT2D eigenvalue weighted by Gasteiger charge is 2.35. The van der Waals surface area contributed by atoms with Crippen molar-refractivity contribution in [2.45, 2.75) is 79.1 Å². The minimum Gasteiger partial charge on any atom is -0.345 e. The number of nitrogens with zero attached hydrogens (tertiary/aromatic N) is 2. The Morgan fingerprint density at radius 3 is 1.04 bits per heavy atom. The van der Waals surface area contributed by atoms with Gasteiger partial charge in [-0.1, -0.05) is 213 Å². The van der Waals surface area contributed by atoms with Crippen LogP contribution in [0.4, 0.5) is 11.4 Å². The van der Waals surface area contributed by atoms with Crippen molar-refractivity contribution in [2.24, 2.45) is 9.26 Å². The van der Waals surface area contributed by atoms with E-state index in [1.807, 2.05) is 0 Å². The number of nitrogens with one attached hydrogen (secondary N) is 1. The molecule has 0 bridgehead atoms. The van der Waals surface area contributed by atoms with Gasteiger partial charge < -0.3 is 5.09 Å². The number of anilines is 1. The summed E-state index contributed by atoms with van der Waals surface area (Å²) < 4.78 is 12.8. The topological polar surface area (TPSA) is 36.8 Å². The largest absolute Gasteiger partial charge is 0.345 e. The van der Waals surface area contributed by atoms with Crippen molar-refractivity contribution in [2.75, 3.05) is 5.09 Å². The molecule has 0 heterocycles. The Bertz CT molecular complexity index is 2080. The molecule has 0 atom stereocenters. The Morgan fingerprint density at radius 2 is 0.698 bits per heavy atom. The first-order chi connectivity index (χ1) is 25.6. The van der Waals surface area contributed by atoms with E-state index < -0.39 is 14.4 Å². The van der Waals surface area contributed by atoms with Crippen molar-refractivity contribution < 1.29 is 0 Å². The van der Waals surface area contributed by atoms with Crippen molar-refractivity contribution in [1.82, 2.24) is 0 Å². The predicted molar refractivity (Wildman–Crippen MR) is 236 cm³/mol. The zero-order chi connectivity index (χ0) is 37.6. The molecule has 272 valence electrons. The average Bonchev–Trinajstić information content (AvgIpc) is 3.18. The summed E-state index contributed by atoms with van der Waals surface area (Å²) in [7, 11) is -5.88. The van der Waals surface area contributed by atoms with Crippen molar-refractivity contribution in [3.63, 3.8) is 0 Å². The third-order valence-corrected chi connectivity index (χ3v) is 17.3. The first-order valence-corrected chi connectivity index (χ1v) is 22.5. The van der Waals surface area contributed by atoms with Gasteiger partial charge in [0.1, 0.15) is 14.4 Å². The summed E-state index contributed by atoms with van der Waals surface area (Å²) in [5.41, 5.74) is 7.38. The number of hydrogen-bond acceptors (Lipinski definition) is 1. The lowest BCUT2D eigenvalue weighted by Gasteiger charge is -2.35. The molecule has 0 aromatic heterocycles. The summed E-state index contributed by atoms with van der Waals surface area (Å²) in [4.78, 5) is 0. The summed E-state index contributed by atoms with van der Waals surface area (Å²) in [6, 6.07) is 57.3. The van der Waals surface area contributed by atoms with Gasteiger partial charge >= 0.3 is 0 Å². The molecule has 6 rings (SSSR count). The van der Waals surface area contributed by atoms with Crippen molar-refractivity contribution in [3.8, 4) is 0 Å². The zero-order valence-corrected chi connectivity index (χ0v) is 34.4. The molecule has 0 saturated heterocycles. The molecule has 6 aromatic rings. The van der Waals surface area contributed by atoms with Crippen LogP contribution in [0.2, 0.25) is 0 Å². The summed E-state index contributed by atoms with van der Waals surface area (Å²) in [6.45, 7) is 18.3. The minimum atomic E-state index is -2.99. The normalized spacial score (nSPS) is 12.1. The first-order valence-electron chi connectivity index (χ1n) is 19.1. The SMILES string of the molecule is CC(C)c1cccc(C(C)C)c1N=P(N=P(Nc1c(C(C)C)cccc1C(C)C)(c1ccccc1)c1ccccc1)(c1ccccc1)c1ccccc1. The second-order valence-electron chi connectivity index (χ2n) is 15.1. The van der Waals surface area contributed by atoms with Gasteiger partial charge in [0, 0.05) is 26.9 Å². The van der Waals surface area contributed by atoms with Gasteiger partial charge in [0.25, 0.3) is 0 Å². The van der Waals surface area contributed by atoms with Gasteiger partial charge in [-0.25, -0.2) is 9.26 Å². The molecule has 0 aliphatic rings. The highest BCUT2D eigenvalue weighted by molar-refractivity contribution is 7.91. The molecule has 0 spiro atoms. The molecule has 0 aliphatic heterocycles. The van der Waals surface area contributed by atoms with Crippen LogP contribution < -0.4 is 26.3 Å². The standard InChI is InChI=1S/C48H55N3P2/c1-35(2)43-31-21-32-44(36(3)4)47(43)49-52(39-23-13-9-14-24-39,40-25-15-10-16-26-40)51-53(41-27-17-11-18-28-41,42-29-19-12-20-30-42)50-48-45(37(5)6)33-22-34-46(48)38(7)8/h9-38,49H,1-8H3. The van der Waals surface area contributed by atoms with Crippen LogP contribution in [0, 0.1) is 0 Å². The molecule has 6 aromatic carbocycles. The van der Waals surface area contributed by atoms with Gasteiger partial charge in [0.15, 0.2) is 0 Å². The maximum atomic E-state index is 6.56. The fourth-order valence-electron chi connectivity index (χ4n) is 7.16. The Balaban J connectivity index is 1.93. The Morgan fingerprint density at radius 1 is 0.377 bits per heavy atom. The lowest BCUT2D eigenvalue weighted by Crippen LogP contribution is -2.25. The second-order valence-corrected chi connectivity index (χ2v) is 20.8. The van der Waals surface area contributed by atoms with E-state index in [0.29, 0.717) is 11.8 Å². The molecule has 0 fully saturated rings. The van der Waals surface area contributed by atoms with Crippen LogP contribution in [0.5, 0.6) is 0 Å². The summed E-state index contributed by atoms with van der Waals surface area (Å²) in [5, 5.41) is 9.01. The van der Waals surface area contributed by atoms with Crippen LogP contribution in [-0.4, -0.2) is 0 Å². The van der Waals surface area contributed by atoms with Gasteiger partial charge in [-0.2, -0.15) is 0 Å². The highest BCUT2D eigenvalue weighted by atomic mass is 31.2. The molecular weight excluding hydrogens is 680 g/mol. The van der Waals surface area contributed by atoms with E-state index in [9.17, 15) is 0 Å². The number of benzene rings is 6. The first kappa shape index (κ1) is 38.3. The molecule has 3 nitrogen and oxygen atoms in total. The van der Waals surface area contributed by atoms with E-state index in [-0.39, 0.29) is 11.8 Å². The Kier molecular flexibility index (Phi) is 12.1. The van der Waals surface area contributed by atoms with E-state index in [1.165, 1.54) is 38.6 Å². The lowest BCUT2D eigenvalue weighted by atomic mass is 9.93. The molecule has 0 aliphatic carbocycles. The van der Waals surface area contributed by atoms with E-state index >= 15 is 0 Å². The van der Waals surface area contributed by atoms with Crippen LogP contribution in [0.3, 0.4) is 0 Å². The summed E-state index contributed by atoms with van der Waals surface area (Å²) >= 11 is 0. The van der Waals surface area contributed by atoms with E-state index in [4.69, 9.17) is 9.26 Å². The highest BCUT2D eigenvalue weighted by Crippen LogP contribution is 2.64. The molecule has 0 unspecified atom stereocenters. The van der Waals surface area contributed by atoms with E-state index in [2.05, 4.69) is 218 Å². The van der Waals surface area contributed by atoms with Crippen LogP contribution in [0.15, 0.2) is 167 Å². The van der Waals surface area contributed by atoms with Gasteiger partial charge in [-0.3, -0.25) is 0 Å². The molecule has 0 amide bonds. The molecule has 1 N–H and O–H groups in total.